The Morgan fingerprint density at radius 1 is 1.13 bits per heavy atom. The highest BCUT2D eigenvalue weighted by Crippen LogP contribution is 2.31. The van der Waals surface area contributed by atoms with Crippen LogP contribution in [0.1, 0.15) is 33.6 Å². The second-order valence-electron chi connectivity index (χ2n) is 9.69. The number of likely N-dealkylation sites (N-methyl/N-ethyl adjacent to an activating group) is 1. The Labute approximate surface area is 177 Å². The van der Waals surface area contributed by atoms with E-state index in [1.807, 2.05) is 32.7 Å². The van der Waals surface area contributed by atoms with Crippen molar-refractivity contribution in [2.24, 2.45) is 0 Å². The summed E-state index contributed by atoms with van der Waals surface area (Å²) in [5, 5.41) is 8.94. The lowest BCUT2D eigenvalue weighted by Crippen LogP contribution is -2.59. The summed E-state index contributed by atoms with van der Waals surface area (Å²) in [4.78, 5) is 41.7. The Balaban J connectivity index is 1.52. The monoisotopic (exact) mass is 427 g/mol. The first-order chi connectivity index (χ1) is 14.0. The van der Waals surface area contributed by atoms with E-state index in [0.29, 0.717) is 45.8 Å². The molecule has 2 atom stereocenters. The van der Waals surface area contributed by atoms with E-state index < -0.39 is 11.6 Å². The molecule has 3 heterocycles. The Hall–Kier alpha value is -1.91. The molecule has 3 rings (SSSR count). The topological polar surface area (TPSA) is 99.6 Å². The molecule has 0 saturated carbocycles. The van der Waals surface area contributed by atoms with Crippen molar-refractivity contribution in [1.29, 1.82) is 0 Å². The molecule has 0 radical (unpaired) electrons. The average Bonchev–Trinajstić information content (AvgIpc) is 2.96. The lowest BCUT2D eigenvalue weighted by molar-refractivity contribution is -0.852. The molecule has 2 unspecified atom stereocenters. The molecule has 3 aliphatic rings. The van der Waals surface area contributed by atoms with Crippen LogP contribution in [0.2, 0.25) is 0 Å². The van der Waals surface area contributed by atoms with Crippen molar-refractivity contribution in [3.8, 4) is 0 Å². The molecule has 170 valence electrons. The second kappa shape index (κ2) is 8.68. The molecule has 1 N–H and O–H groups in total. The van der Waals surface area contributed by atoms with Gasteiger partial charge < -0.3 is 19.5 Å². The summed E-state index contributed by atoms with van der Waals surface area (Å²) >= 11 is 0. The van der Waals surface area contributed by atoms with Crippen molar-refractivity contribution in [2.75, 3.05) is 59.4 Å². The molecule has 0 aromatic rings. The number of amides is 2. The fraction of sp³-hybridized carbons (Fsp3) is 0.850. The van der Waals surface area contributed by atoms with Gasteiger partial charge in [-0.3, -0.25) is 14.6 Å². The molecule has 0 aromatic heterocycles. The molecule has 0 spiro atoms. The number of ether oxygens (including phenoxy) is 2. The lowest BCUT2D eigenvalue weighted by Gasteiger charge is -2.40. The van der Waals surface area contributed by atoms with Gasteiger partial charge in [-0.1, -0.05) is 0 Å². The van der Waals surface area contributed by atoms with Gasteiger partial charge in [0, 0.05) is 52.1 Å². The quantitative estimate of drug-likeness (QED) is 0.664. The van der Waals surface area contributed by atoms with E-state index in [0.717, 1.165) is 12.8 Å². The zero-order chi connectivity index (χ0) is 22.1. The standard InChI is InChI=1S/C20H34N4O6/c1-20(2,3)30-18(27)23-7-5-15(6-8-23)24(4)14-16(29-19(24)28)22-11-9-21(10-12-22)13-17(25)26/h15-16H,5-14H2,1-4H3/p+1. The van der Waals surface area contributed by atoms with E-state index in [-0.39, 0.29) is 35.5 Å². The van der Waals surface area contributed by atoms with Gasteiger partial charge in [0.15, 0.2) is 0 Å². The van der Waals surface area contributed by atoms with Crippen molar-refractivity contribution < 1.29 is 33.4 Å². The lowest BCUT2D eigenvalue weighted by atomic mass is 10.0. The molecule has 2 amide bonds. The number of carbonyl (C=O) groups is 3. The SMILES string of the molecule is CC(C)(C)OC(=O)N1CCC([N+]2(C)CC(N3CCN(CC(=O)O)CC3)OC2=O)CC1. The number of likely N-dealkylation sites (tertiary alicyclic amines) is 1. The highest BCUT2D eigenvalue weighted by molar-refractivity contribution is 5.69. The number of nitrogens with zero attached hydrogens (tertiary/aromatic N) is 4. The molecule has 0 aromatic carbocycles. The van der Waals surface area contributed by atoms with E-state index in [9.17, 15) is 14.4 Å². The van der Waals surface area contributed by atoms with Crippen molar-refractivity contribution in [2.45, 2.75) is 51.5 Å². The minimum absolute atomic E-state index is 0.0439. The summed E-state index contributed by atoms with van der Waals surface area (Å²) in [6, 6.07) is 0.106. The number of piperidine rings is 1. The van der Waals surface area contributed by atoms with Gasteiger partial charge in [-0.25, -0.2) is 9.28 Å². The van der Waals surface area contributed by atoms with Crippen LogP contribution >= 0.6 is 0 Å². The smallest absolute Gasteiger partial charge is 0.480 e. The van der Waals surface area contributed by atoms with Gasteiger partial charge in [0.2, 0.25) is 6.23 Å². The number of rotatable bonds is 4. The molecule has 10 nitrogen and oxygen atoms in total. The van der Waals surface area contributed by atoms with Crippen molar-refractivity contribution in [3.63, 3.8) is 0 Å². The predicted octanol–water partition coefficient (Wildman–Crippen LogP) is 1.01. The van der Waals surface area contributed by atoms with Gasteiger partial charge in [-0.2, -0.15) is 4.79 Å². The Bertz CT molecular complexity index is 665. The van der Waals surface area contributed by atoms with Gasteiger partial charge in [-0.15, -0.1) is 0 Å². The minimum Gasteiger partial charge on any atom is -0.480 e. The van der Waals surface area contributed by atoms with Crippen LogP contribution in [0.5, 0.6) is 0 Å². The number of carboxylic acid groups (broad SMARTS) is 1. The maximum atomic E-state index is 12.8. The van der Waals surface area contributed by atoms with E-state index in [1.54, 1.807) is 4.90 Å². The van der Waals surface area contributed by atoms with Crippen LogP contribution < -0.4 is 0 Å². The normalized spacial score (nSPS) is 29.7. The van der Waals surface area contributed by atoms with Gasteiger partial charge in [-0.05, 0) is 20.8 Å². The highest BCUT2D eigenvalue weighted by Gasteiger charge is 2.53. The molecule has 0 aliphatic carbocycles. The molecular weight excluding hydrogens is 392 g/mol. The molecule has 3 fully saturated rings. The number of hydrogen-bond donors (Lipinski definition) is 1. The van der Waals surface area contributed by atoms with Crippen LogP contribution in [0, 0.1) is 0 Å². The predicted molar refractivity (Wildman–Crippen MR) is 108 cm³/mol. The minimum atomic E-state index is -0.822. The van der Waals surface area contributed by atoms with E-state index >= 15 is 0 Å². The van der Waals surface area contributed by atoms with Crippen molar-refractivity contribution in [3.05, 3.63) is 0 Å². The third kappa shape index (κ3) is 5.22. The fourth-order valence-corrected chi connectivity index (χ4v) is 4.51. The first-order valence-electron chi connectivity index (χ1n) is 10.7. The zero-order valence-electron chi connectivity index (χ0n) is 18.5. The van der Waals surface area contributed by atoms with E-state index in [2.05, 4.69) is 4.90 Å². The van der Waals surface area contributed by atoms with Gasteiger partial charge in [0.1, 0.15) is 18.2 Å². The van der Waals surface area contributed by atoms with Gasteiger partial charge in [0.05, 0.1) is 13.6 Å². The maximum Gasteiger partial charge on any atom is 0.517 e. The van der Waals surface area contributed by atoms with Crippen LogP contribution in [0.3, 0.4) is 0 Å². The molecule has 30 heavy (non-hydrogen) atoms. The van der Waals surface area contributed by atoms with Gasteiger partial charge in [0.25, 0.3) is 0 Å². The van der Waals surface area contributed by atoms with Crippen LogP contribution in [-0.4, -0.2) is 120 Å². The third-order valence-electron chi connectivity index (χ3n) is 6.28. The largest absolute Gasteiger partial charge is 0.517 e. The molecule has 0 bridgehead atoms. The molecule has 3 saturated heterocycles. The Morgan fingerprint density at radius 3 is 2.27 bits per heavy atom. The first-order valence-corrected chi connectivity index (χ1v) is 10.7. The highest BCUT2D eigenvalue weighted by atomic mass is 16.6. The third-order valence-corrected chi connectivity index (χ3v) is 6.28. The number of cyclic esters (lactones) is 1. The van der Waals surface area contributed by atoms with Crippen molar-refractivity contribution in [1.82, 2.24) is 14.7 Å². The second-order valence-corrected chi connectivity index (χ2v) is 9.69. The number of piperazine rings is 1. The summed E-state index contributed by atoms with van der Waals surface area (Å²) in [6.07, 6.45) is 0.653. The summed E-state index contributed by atoms with van der Waals surface area (Å²) < 4.78 is 11.4. The number of carboxylic acids is 1. The Morgan fingerprint density at radius 2 is 1.73 bits per heavy atom. The average molecular weight is 428 g/mol. The zero-order valence-corrected chi connectivity index (χ0v) is 18.5. The number of hydrogen-bond acceptors (Lipinski definition) is 7. The molecular formula is C20H35N4O6+. The van der Waals surface area contributed by atoms with Crippen LogP contribution in [0.25, 0.3) is 0 Å². The summed E-state index contributed by atoms with van der Waals surface area (Å²) in [5.41, 5.74) is -0.521. The molecule has 10 heteroatoms. The summed E-state index contributed by atoms with van der Waals surface area (Å²) in [5.74, 6) is -0.822. The number of quaternary nitrogens is 1. The van der Waals surface area contributed by atoms with Crippen molar-refractivity contribution >= 4 is 18.2 Å². The Kier molecular flexibility index (Phi) is 6.59. The maximum absolute atomic E-state index is 12.8. The summed E-state index contributed by atoms with van der Waals surface area (Å²) in [7, 11) is 1.93. The summed E-state index contributed by atoms with van der Waals surface area (Å²) in [6.45, 7) is 9.99. The van der Waals surface area contributed by atoms with Crippen LogP contribution in [0.4, 0.5) is 9.59 Å². The number of carbonyl (C=O) groups excluding carboxylic acids is 2. The van der Waals surface area contributed by atoms with Gasteiger partial charge >= 0.3 is 18.2 Å². The van der Waals surface area contributed by atoms with Crippen LogP contribution in [0.15, 0.2) is 0 Å². The van der Waals surface area contributed by atoms with Crippen LogP contribution in [-0.2, 0) is 14.3 Å². The molecule has 3 aliphatic heterocycles. The fourth-order valence-electron chi connectivity index (χ4n) is 4.51. The van der Waals surface area contributed by atoms with E-state index in [4.69, 9.17) is 14.6 Å². The number of aliphatic carboxylic acids is 1. The van der Waals surface area contributed by atoms with E-state index in [1.165, 1.54) is 0 Å². The first kappa shape index (κ1) is 22.8.